The molecular formula is C16H30Cl2N4O. The van der Waals surface area contributed by atoms with Crippen LogP contribution in [0.25, 0.3) is 0 Å². The molecule has 0 aliphatic carbocycles. The van der Waals surface area contributed by atoms with Crippen molar-refractivity contribution in [3.63, 3.8) is 0 Å². The van der Waals surface area contributed by atoms with Gasteiger partial charge in [-0.3, -0.25) is 4.79 Å². The number of halogens is 2. The molecule has 0 aliphatic heterocycles. The number of amides is 1. The summed E-state index contributed by atoms with van der Waals surface area (Å²) in [6.07, 6.45) is 1.80. The van der Waals surface area contributed by atoms with E-state index in [0.717, 1.165) is 24.5 Å². The van der Waals surface area contributed by atoms with Crippen LogP contribution < -0.4 is 16.0 Å². The van der Waals surface area contributed by atoms with Crippen LogP contribution in [0.4, 0.5) is 5.82 Å². The SMILES string of the molecule is CCN(CC)c1ccc(CNC(=O)[C@@H](N)C(C)(C)C)cn1.Cl.Cl. The van der Waals surface area contributed by atoms with Crippen molar-refractivity contribution >= 4 is 36.5 Å². The molecule has 0 saturated heterocycles. The highest BCUT2D eigenvalue weighted by molar-refractivity contribution is 5.85. The maximum absolute atomic E-state index is 12.0. The van der Waals surface area contributed by atoms with E-state index in [1.54, 1.807) is 6.20 Å². The lowest BCUT2D eigenvalue weighted by molar-refractivity contribution is -0.124. The monoisotopic (exact) mass is 364 g/mol. The van der Waals surface area contributed by atoms with E-state index in [0.29, 0.717) is 6.54 Å². The number of nitrogens with one attached hydrogen (secondary N) is 1. The minimum atomic E-state index is -0.514. The van der Waals surface area contributed by atoms with Crippen LogP contribution in [0, 0.1) is 5.41 Å². The Kier molecular flexibility index (Phi) is 11.2. The number of carbonyl (C=O) groups excluding carboxylic acids is 1. The Labute approximate surface area is 152 Å². The number of nitrogens with two attached hydrogens (primary N) is 1. The van der Waals surface area contributed by atoms with Crippen LogP contribution in [0.3, 0.4) is 0 Å². The molecule has 134 valence electrons. The minimum Gasteiger partial charge on any atom is -0.357 e. The molecule has 1 amide bonds. The molecule has 1 aromatic heterocycles. The van der Waals surface area contributed by atoms with Gasteiger partial charge in [0.05, 0.1) is 6.04 Å². The Morgan fingerprint density at radius 1 is 1.26 bits per heavy atom. The largest absolute Gasteiger partial charge is 0.357 e. The van der Waals surface area contributed by atoms with Crippen molar-refractivity contribution in [3.05, 3.63) is 23.9 Å². The van der Waals surface area contributed by atoms with E-state index in [-0.39, 0.29) is 36.1 Å². The molecule has 3 N–H and O–H groups in total. The van der Waals surface area contributed by atoms with Crippen molar-refractivity contribution in [1.82, 2.24) is 10.3 Å². The number of aromatic nitrogens is 1. The summed E-state index contributed by atoms with van der Waals surface area (Å²) in [6.45, 7) is 12.4. The molecule has 0 bridgehead atoms. The zero-order valence-electron chi connectivity index (χ0n) is 14.6. The quantitative estimate of drug-likeness (QED) is 0.813. The van der Waals surface area contributed by atoms with Crippen molar-refractivity contribution in [1.29, 1.82) is 0 Å². The number of rotatable bonds is 6. The molecule has 7 heteroatoms. The van der Waals surface area contributed by atoms with Gasteiger partial charge in [-0.1, -0.05) is 26.8 Å². The molecule has 1 rings (SSSR count). The maximum atomic E-state index is 12.0. The van der Waals surface area contributed by atoms with Crippen molar-refractivity contribution in [2.24, 2.45) is 11.1 Å². The summed E-state index contributed by atoms with van der Waals surface area (Å²) in [5.74, 6) is 0.830. The van der Waals surface area contributed by atoms with Gasteiger partial charge >= 0.3 is 0 Å². The lowest BCUT2D eigenvalue weighted by Crippen LogP contribution is -2.48. The van der Waals surface area contributed by atoms with Crippen molar-refractivity contribution in [3.8, 4) is 0 Å². The van der Waals surface area contributed by atoms with Crippen LogP contribution in [0.1, 0.15) is 40.2 Å². The number of hydrogen-bond acceptors (Lipinski definition) is 4. The van der Waals surface area contributed by atoms with E-state index in [2.05, 4.69) is 29.0 Å². The summed E-state index contributed by atoms with van der Waals surface area (Å²) in [7, 11) is 0. The third kappa shape index (κ3) is 7.38. The van der Waals surface area contributed by atoms with Gasteiger partial charge in [0.15, 0.2) is 0 Å². The van der Waals surface area contributed by atoms with Gasteiger partial charge in [0, 0.05) is 25.8 Å². The van der Waals surface area contributed by atoms with E-state index >= 15 is 0 Å². The Morgan fingerprint density at radius 3 is 2.22 bits per heavy atom. The molecule has 1 heterocycles. The Bertz CT molecular complexity index is 456. The van der Waals surface area contributed by atoms with Gasteiger partial charge in [0.25, 0.3) is 0 Å². The smallest absolute Gasteiger partial charge is 0.237 e. The fourth-order valence-corrected chi connectivity index (χ4v) is 1.95. The van der Waals surface area contributed by atoms with Gasteiger partial charge in [0.1, 0.15) is 5.82 Å². The first-order chi connectivity index (χ1) is 9.79. The van der Waals surface area contributed by atoms with Crippen LogP contribution in [0.2, 0.25) is 0 Å². The first-order valence-corrected chi connectivity index (χ1v) is 7.52. The van der Waals surface area contributed by atoms with Gasteiger partial charge in [-0.2, -0.15) is 0 Å². The average Bonchev–Trinajstić information content (AvgIpc) is 2.45. The molecule has 0 radical (unpaired) electrons. The number of nitrogens with zero attached hydrogens (tertiary/aromatic N) is 2. The fraction of sp³-hybridized carbons (Fsp3) is 0.625. The van der Waals surface area contributed by atoms with Crippen LogP contribution in [-0.2, 0) is 11.3 Å². The van der Waals surface area contributed by atoms with E-state index in [1.807, 2.05) is 32.9 Å². The third-order valence-corrected chi connectivity index (χ3v) is 3.58. The molecule has 0 saturated carbocycles. The molecule has 1 atom stereocenters. The van der Waals surface area contributed by atoms with E-state index in [4.69, 9.17) is 5.73 Å². The minimum absolute atomic E-state index is 0. The highest BCUT2D eigenvalue weighted by Crippen LogP contribution is 2.17. The molecule has 23 heavy (non-hydrogen) atoms. The van der Waals surface area contributed by atoms with Crippen LogP contribution in [0.15, 0.2) is 18.3 Å². The third-order valence-electron chi connectivity index (χ3n) is 3.58. The zero-order valence-corrected chi connectivity index (χ0v) is 16.3. The second kappa shape index (κ2) is 10.7. The van der Waals surface area contributed by atoms with Gasteiger partial charge < -0.3 is 16.0 Å². The van der Waals surface area contributed by atoms with Crippen LogP contribution >= 0.6 is 24.8 Å². The molecule has 0 spiro atoms. The van der Waals surface area contributed by atoms with E-state index < -0.39 is 6.04 Å². The topological polar surface area (TPSA) is 71.2 Å². The Balaban J connectivity index is 0. The number of carbonyl (C=O) groups is 1. The second-order valence-electron chi connectivity index (χ2n) is 6.26. The molecule has 1 aromatic rings. The molecule has 0 aromatic carbocycles. The highest BCUT2D eigenvalue weighted by atomic mass is 35.5. The fourth-order valence-electron chi connectivity index (χ4n) is 1.95. The lowest BCUT2D eigenvalue weighted by atomic mass is 9.87. The van der Waals surface area contributed by atoms with Crippen molar-refractivity contribution in [2.75, 3.05) is 18.0 Å². The number of hydrogen-bond donors (Lipinski definition) is 2. The van der Waals surface area contributed by atoms with Crippen molar-refractivity contribution < 1.29 is 4.79 Å². The first-order valence-electron chi connectivity index (χ1n) is 7.52. The van der Waals surface area contributed by atoms with Gasteiger partial charge in [-0.15, -0.1) is 24.8 Å². The predicted molar refractivity (Wildman–Crippen MR) is 102 cm³/mol. The van der Waals surface area contributed by atoms with E-state index in [9.17, 15) is 4.79 Å². The average molecular weight is 365 g/mol. The predicted octanol–water partition coefficient (Wildman–Crippen LogP) is 2.76. The molecule has 0 aliphatic rings. The highest BCUT2D eigenvalue weighted by Gasteiger charge is 2.27. The van der Waals surface area contributed by atoms with Gasteiger partial charge in [-0.25, -0.2) is 4.98 Å². The lowest BCUT2D eigenvalue weighted by Gasteiger charge is -2.25. The first kappa shape index (κ1) is 24.2. The molecule has 0 fully saturated rings. The zero-order chi connectivity index (χ0) is 16.0. The van der Waals surface area contributed by atoms with Gasteiger partial charge in [-0.05, 0) is 30.9 Å². The Morgan fingerprint density at radius 2 is 1.83 bits per heavy atom. The summed E-state index contributed by atoms with van der Waals surface area (Å²) >= 11 is 0. The molecular weight excluding hydrogens is 335 g/mol. The number of anilines is 1. The Hall–Kier alpha value is -1.04. The standard InChI is InChI=1S/C16H28N4O.2ClH/c1-6-20(7-2)13-9-8-12(10-18-13)11-19-15(21)14(17)16(3,4)5;;/h8-10,14H,6-7,11,17H2,1-5H3,(H,19,21);2*1H/t14-;;/m1../s1. The van der Waals surface area contributed by atoms with Crippen LogP contribution in [-0.4, -0.2) is 30.0 Å². The summed E-state index contributed by atoms with van der Waals surface area (Å²) < 4.78 is 0. The second-order valence-corrected chi connectivity index (χ2v) is 6.26. The number of pyridine rings is 1. The van der Waals surface area contributed by atoms with Crippen molar-refractivity contribution in [2.45, 2.75) is 47.2 Å². The maximum Gasteiger partial charge on any atom is 0.237 e. The summed E-state index contributed by atoms with van der Waals surface area (Å²) in [5, 5.41) is 2.86. The van der Waals surface area contributed by atoms with Gasteiger partial charge in [0.2, 0.25) is 5.91 Å². The van der Waals surface area contributed by atoms with E-state index in [1.165, 1.54) is 0 Å². The summed E-state index contributed by atoms with van der Waals surface area (Å²) in [4.78, 5) is 18.6. The summed E-state index contributed by atoms with van der Waals surface area (Å²) in [6, 6.07) is 3.46. The van der Waals surface area contributed by atoms with Crippen LogP contribution in [0.5, 0.6) is 0 Å². The summed E-state index contributed by atoms with van der Waals surface area (Å²) in [5.41, 5.74) is 6.66. The molecule has 5 nitrogen and oxygen atoms in total. The molecule has 0 unspecified atom stereocenters. The normalized spacial score (nSPS) is 11.7.